The molecule has 1 aromatic carbocycles. The standard InChI is InChI=1S/C23H26FN7O.ClH/c1-16-13-17(3-4-18(16)24)19-5-7-31(28-19)21-14-20(29-9-11-32-12-10-29)22-23(27-21)30(15-26-22)8-6-25-2;/h3-5,7,13-15,25H,6,8-12H2,1-2H3;1H. The van der Waals surface area contributed by atoms with Gasteiger partial charge >= 0.3 is 0 Å². The highest BCUT2D eigenvalue weighted by Gasteiger charge is 2.20. The Morgan fingerprint density at radius 1 is 1.15 bits per heavy atom. The minimum atomic E-state index is -0.217. The van der Waals surface area contributed by atoms with Crippen LogP contribution in [0, 0.1) is 12.7 Å². The first-order valence-electron chi connectivity index (χ1n) is 10.8. The molecule has 33 heavy (non-hydrogen) atoms. The summed E-state index contributed by atoms with van der Waals surface area (Å²) in [5.41, 5.74) is 4.98. The van der Waals surface area contributed by atoms with E-state index in [1.807, 2.05) is 37.8 Å². The maximum atomic E-state index is 13.7. The first-order valence-corrected chi connectivity index (χ1v) is 10.8. The molecule has 0 radical (unpaired) electrons. The summed E-state index contributed by atoms with van der Waals surface area (Å²) in [4.78, 5) is 11.9. The average Bonchev–Trinajstić information content (AvgIpc) is 3.47. The van der Waals surface area contributed by atoms with Gasteiger partial charge in [0.15, 0.2) is 11.5 Å². The van der Waals surface area contributed by atoms with Crippen molar-refractivity contribution in [3.8, 4) is 17.1 Å². The van der Waals surface area contributed by atoms with Crippen molar-refractivity contribution in [2.24, 2.45) is 0 Å². The quantitative estimate of drug-likeness (QED) is 0.465. The van der Waals surface area contributed by atoms with Crippen molar-refractivity contribution in [1.82, 2.24) is 29.6 Å². The van der Waals surface area contributed by atoms with Gasteiger partial charge in [-0.2, -0.15) is 5.10 Å². The zero-order valence-electron chi connectivity index (χ0n) is 18.7. The number of hydrogen-bond donors (Lipinski definition) is 1. The summed E-state index contributed by atoms with van der Waals surface area (Å²) in [6, 6.07) is 8.99. The molecule has 4 heterocycles. The highest BCUT2D eigenvalue weighted by Crippen LogP contribution is 2.29. The van der Waals surface area contributed by atoms with Crippen LogP contribution in [0.15, 0.2) is 42.9 Å². The molecule has 0 atom stereocenters. The Labute approximate surface area is 197 Å². The summed E-state index contributed by atoms with van der Waals surface area (Å²) >= 11 is 0. The summed E-state index contributed by atoms with van der Waals surface area (Å²) < 4.78 is 23.1. The van der Waals surface area contributed by atoms with Crippen molar-refractivity contribution >= 4 is 29.3 Å². The van der Waals surface area contributed by atoms with E-state index in [1.54, 1.807) is 17.7 Å². The largest absolute Gasteiger partial charge is 0.378 e. The Hall–Kier alpha value is -3.01. The number of aromatic nitrogens is 5. The number of benzene rings is 1. The van der Waals surface area contributed by atoms with E-state index >= 15 is 0 Å². The minimum Gasteiger partial charge on any atom is -0.378 e. The first kappa shape index (κ1) is 23.2. The Balaban J connectivity index is 0.00000259. The molecule has 1 aliphatic heterocycles. The monoisotopic (exact) mass is 471 g/mol. The molecule has 0 amide bonds. The molecular weight excluding hydrogens is 445 g/mol. The number of nitrogens with zero attached hydrogens (tertiary/aromatic N) is 6. The molecule has 3 aromatic heterocycles. The molecule has 0 aliphatic carbocycles. The van der Waals surface area contributed by atoms with E-state index in [2.05, 4.69) is 19.8 Å². The van der Waals surface area contributed by atoms with Gasteiger partial charge in [0, 0.05) is 44.0 Å². The second kappa shape index (κ2) is 9.86. The summed E-state index contributed by atoms with van der Waals surface area (Å²) in [6.07, 6.45) is 3.73. The number of anilines is 1. The van der Waals surface area contributed by atoms with E-state index in [0.29, 0.717) is 18.8 Å². The van der Waals surface area contributed by atoms with Crippen molar-refractivity contribution in [3.63, 3.8) is 0 Å². The number of ether oxygens (including phenoxy) is 1. The van der Waals surface area contributed by atoms with Crippen LogP contribution in [-0.2, 0) is 11.3 Å². The van der Waals surface area contributed by atoms with Gasteiger partial charge in [0.2, 0.25) is 0 Å². The third-order valence-electron chi connectivity index (χ3n) is 5.77. The van der Waals surface area contributed by atoms with Gasteiger partial charge in [-0.15, -0.1) is 12.4 Å². The van der Waals surface area contributed by atoms with E-state index in [1.165, 1.54) is 6.07 Å². The molecule has 174 valence electrons. The van der Waals surface area contributed by atoms with Gasteiger partial charge < -0.3 is 19.5 Å². The molecule has 0 saturated carbocycles. The fraction of sp³-hybridized carbons (Fsp3) is 0.348. The lowest BCUT2D eigenvalue weighted by atomic mass is 10.1. The SMILES string of the molecule is CNCCn1cnc2c(N3CCOCC3)cc(-n3ccc(-c4ccc(F)c(C)c4)n3)nc21.Cl. The van der Waals surface area contributed by atoms with Crippen LogP contribution in [0.5, 0.6) is 0 Å². The minimum absolute atomic E-state index is 0. The van der Waals surface area contributed by atoms with Gasteiger partial charge in [-0.25, -0.2) is 19.0 Å². The molecule has 1 aliphatic rings. The summed E-state index contributed by atoms with van der Waals surface area (Å²) in [5, 5.41) is 7.91. The van der Waals surface area contributed by atoms with Gasteiger partial charge in [-0.05, 0) is 43.8 Å². The number of morpholine rings is 1. The second-order valence-corrected chi connectivity index (χ2v) is 7.92. The normalized spacial score (nSPS) is 14.0. The van der Waals surface area contributed by atoms with Crippen molar-refractivity contribution in [1.29, 1.82) is 0 Å². The summed E-state index contributed by atoms with van der Waals surface area (Å²) in [6.45, 7) is 6.34. The van der Waals surface area contributed by atoms with Crippen molar-refractivity contribution < 1.29 is 9.13 Å². The molecule has 0 bridgehead atoms. The second-order valence-electron chi connectivity index (χ2n) is 7.92. The van der Waals surface area contributed by atoms with Crippen molar-refractivity contribution in [3.05, 3.63) is 54.2 Å². The Kier molecular flexibility index (Phi) is 6.92. The number of hydrogen-bond acceptors (Lipinski definition) is 6. The molecule has 10 heteroatoms. The van der Waals surface area contributed by atoms with Crippen molar-refractivity contribution in [2.45, 2.75) is 13.5 Å². The first-order chi connectivity index (χ1) is 15.6. The number of halogens is 2. The lowest BCUT2D eigenvalue weighted by molar-refractivity contribution is 0.123. The van der Waals surface area contributed by atoms with Crippen LogP contribution < -0.4 is 10.2 Å². The lowest BCUT2D eigenvalue weighted by Crippen LogP contribution is -2.36. The number of likely N-dealkylation sites (N-methyl/N-ethyl adjacent to an activating group) is 1. The Bertz CT molecular complexity index is 1250. The van der Waals surface area contributed by atoms with Crippen LogP contribution in [0.4, 0.5) is 10.1 Å². The number of imidazole rings is 1. The van der Waals surface area contributed by atoms with E-state index in [4.69, 9.17) is 14.8 Å². The highest BCUT2D eigenvalue weighted by molar-refractivity contribution is 5.87. The van der Waals surface area contributed by atoms with Gasteiger partial charge in [0.1, 0.15) is 11.3 Å². The van der Waals surface area contributed by atoms with Crippen LogP contribution in [0.2, 0.25) is 0 Å². The van der Waals surface area contributed by atoms with E-state index in [9.17, 15) is 4.39 Å². The fourth-order valence-corrected chi connectivity index (χ4v) is 3.97. The maximum absolute atomic E-state index is 13.7. The van der Waals surface area contributed by atoms with Gasteiger partial charge in [0.25, 0.3) is 0 Å². The van der Waals surface area contributed by atoms with Gasteiger partial charge in [0.05, 0.1) is 30.9 Å². The molecule has 0 unspecified atom stereocenters. The molecular formula is C23H27ClFN7O. The number of pyridine rings is 1. The van der Waals surface area contributed by atoms with E-state index in [0.717, 1.165) is 60.1 Å². The van der Waals surface area contributed by atoms with Crippen LogP contribution in [-0.4, -0.2) is 64.2 Å². The van der Waals surface area contributed by atoms with Crippen LogP contribution >= 0.6 is 12.4 Å². The predicted molar refractivity (Wildman–Crippen MR) is 129 cm³/mol. The third-order valence-corrected chi connectivity index (χ3v) is 5.77. The Morgan fingerprint density at radius 2 is 1.97 bits per heavy atom. The molecule has 4 aromatic rings. The Morgan fingerprint density at radius 3 is 2.73 bits per heavy atom. The van der Waals surface area contributed by atoms with E-state index < -0.39 is 0 Å². The number of nitrogens with one attached hydrogen (secondary N) is 1. The zero-order valence-corrected chi connectivity index (χ0v) is 19.5. The van der Waals surface area contributed by atoms with Crippen LogP contribution in [0.3, 0.4) is 0 Å². The fourth-order valence-electron chi connectivity index (χ4n) is 3.97. The van der Waals surface area contributed by atoms with Gasteiger partial charge in [-0.3, -0.25) is 0 Å². The smallest absolute Gasteiger partial charge is 0.164 e. The summed E-state index contributed by atoms with van der Waals surface area (Å²) in [5.74, 6) is 0.501. The number of aryl methyl sites for hydroxylation is 1. The topological polar surface area (TPSA) is 73.0 Å². The molecule has 1 saturated heterocycles. The van der Waals surface area contributed by atoms with Crippen LogP contribution in [0.1, 0.15) is 5.56 Å². The van der Waals surface area contributed by atoms with Gasteiger partial charge in [-0.1, -0.05) is 0 Å². The van der Waals surface area contributed by atoms with E-state index in [-0.39, 0.29) is 18.2 Å². The molecule has 1 fully saturated rings. The lowest BCUT2D eigenvalue weighted by Gasteiger charge is -2.29. The summed E-state index contributed by atoms with van der Waals surface area (Å²) in [7, 11) is 1.93. The molecule has 5 rings (SSSR count). The highest BCUT2D eigenvalue weighted by atomic mass is 35.5. The molecule has 1 N–H and O–H groups in total. The van der Waals surface area contributed by atoms with Crippen LogP contribution in [0.25, 0.3) is 28.2 Å². The maximum Gasteiger partial charge on any atom is 0.164 e. The molecule has 0 spiro atoms. The third kappa shape index (κ3) is 4.57. The number of fused-ring (bicyclic) bond motifs is 1. The predicted octanol–water partition coefficient (Wildman–Crippen LogP) is 3.21. The zero-order chi connectivity index (χ0) is 22.1. The van der Waals surface area contributed by atoms with Crippen molar-refractivity contribution in [2.75, 3.05) is 44.8 Å². The molecule has 8 nitrogen and oxygen atoms in total. The average molecular weight is 472 g/mol. The number of rotatable bonds is 6.